The maximum atomic E-state index is 11.3. The average Bonchev–Trinajstić information content (AvgIpc) is 2.35. The highest BCUT2D eigenvalue weighted by atomic mass is 16.3. The van der Waals surface area contributed by atoms with E-state index in [1.807, 2.05) is 37.3 Å². The second-order valence-corrected chi connectivity index (χ2v) is 4.25. The lowest BCUT2D eigenvalue weighted by Gasteiger charge is -2.24. The minimum atomic E-state index is -1.05. The number of carbonyl (C=O) groups excluding carboxylic acids is 1. The molecule has 17 heavy (non-hydrogen) atoms. The molecule has 94 valence electrons. The maximum Gasteiger partial charge on any atom is 0.314 e. The Morgan fingerprint density at radius 2 is 1.94 bits per heavy atom. The van der Waals surface area contributed by atoms with Gasteiger partial charge in [0.15, 0.2) is 0 Å². The number of carbonyl (C=O) groups is 1. The highest BCUT2D eigenvalue weighted by Gasteiger charge is 2.23. The fourth-order valence-corrected chi connectivity index (χ4v) is 1.45. The van der Waals surface area contributed by atoms with Crippen molar-refractivity contribution in [3.8, 4) is 0 Å². The van der Waals surface area contributed by atoms with Crippen LogP contribution in [0, 0.1) is 0 Å². The zero-order chi connectivity index (χ0) is 12.7. The van der Waals surface area contributed by atoms with Crippen LogP contribution in [0.3, 0.4) is 0 Å². The van der Waals surface area contributed by atoms with Crippen molar-refractivity contribution in [2.75, 3.05) is 13.1 Å². The van der Waals surface area contributed by atoms with Gasteiger partial charge < -0.3 is 15.7 Å². The summed E-state index contributed by atoms with van der Waals surface area (Å²) in [5.74, 6) is 0. The van der Waals surface area contributed by atoms with Crippen molar-refractivity contribution in [1.82, 2.24) is 10.6 Å². The zero-order valence-electron chi connectivity index (χ0n) is 10.4. The van der Waals surface area contributed by atoms with Crippen molar-refractivity contribution in [3.05, 3.63) is 35.9 Å². The molecule has 0 aliphatic heterocycles. The predicted octanol–water partition coefficient (Wildman–Crippen LogP) is 1.60. The summed E-state index contributed by atoms with van der Waals surface area (Å²) in [6, 6.07) is 9.04. The van der Waals surface area contributed by atoms with Gasteiger partial charge in [0.05, 0.1) is 6.54 Å². The van der Waals surface area contributed by atoms with Gasteiger partial charge >= 0.3 is 6.03 Å². The van der Waals surface area contributed by atoms with E-state index in [9.17, 15) is 9.90 Å². The lowest BCUT2D eigenvalue weighted by molar-refractivity contribution is 0.0594. The molecule has 0 aromatic heterocycles. The number of benzene rings is 1. The summed E-state index contributed by atoms with van der Waals surface area (Å²) in [5.41, 5.74) is -0.263. The van der Waals surface area contributed by atoms with E-state index in [2.05, 4.69) is 10.6 Å². The standard InChI is InChI=1S/C13H20N2O2/c1-3-9-14-12(16)15-10-13(2,17)11-7-5-4-6-8-11/h4-8,17H,3,9-10H2,1-2H3,(H2,14,15,16). The van der Waals surface area contributed by atoms with Gasteiger partial charge in [-0.25, -0.2) is 4.79 Å². The van der Waals surface area contributed by atoms with Crippen molar-refractivity contribution < 1.29 is 9.90 Å². The number of amides is 2. The third-order valence-electron chi connectivity index (χ3n) is 2.52. The fraction of sp³-hybridized carbons (Fsp3) is 0.462. The minimum absolute atomic E-state index is 0.187. The molecule has 1 aromatic carbocycles. The summed E-state index contributed by atoms with van der Waals surface area (Å²) in [4.78, 5) is 11.3. The normalized spacial score (nSPS) is 13.8. The van der Waals surface area contributed by atoms with E-state index in [0.717, 1.165) is 12.0 Å². The predicted molar refractivity (Wildman–Crippen MR) is 67.7 cm³/mol. The molecule has 0 heterocycles. The Morgan fingerprint density at radius 3 is 2.53 bits per heavy atom. The van der Waals surface area contributed by atoms with Gasteiger partial charge in [-0.05, 0) is 18.9 Å². The van der Waals surface area contributed by atoms with Gasteiger partial charge in [0.1, 0.15) is 5.60 Å². The molecule has 1 aromatic rings. The van der Waals surface area contributed by atoms with Crippen LogP contribution in [0.5, 0.6) is 0 Å². The smallest absolute Gasteiger partial charge is 0.314 e. The molecular weight excluding hydrogens is 216 g/mol. The first-order chi connectivity index (χ1) is 8.06. The molecule has 1 unspecified atom stereocenters. The topological polar surface area (TPSA) is 61.4 Å². The third kappa shape index (κ3) is 4.44. The van der Waals surface area contributed by atoms with Crippen LogP contribution in [0.1, 0.15) is 25.8 Å². The molecule has 0 saturated heterocycles. The van der Waals surface area contributed by atoms with Gasteiger partial charge in [0, 0.05) is 6.54 Å². The monoisotopic (exact) mass is 236 g/mol. The van der Waals surface area contributed by atoms with Crippen molar-refractivity contribution in [3.63, 3.8) is 0 Å². The SMILES string of the molecule is CCCNC(=O)NCC(C)(O)c1ccccc1. The second kappa shape index (κ2) is 6.25. The molecule has 0 saturated carbocycles. The van der Waals surface area contributed by atoms with Crippen LogP contribution < -0.4 is 10.6 Å². The van der Waals surface area contributed by atoms with Gasteiger partial charge in [-0.15, -0.1) is 0 Å². The number of rotatable bonds is 5. The van der Waals surface area contributed by atoms with E-state index < -0.39 is 5.60 Å². The number of nitrogens with one attached hydrogen (secondary N) is 2. The van der Waals surface area contributed by atoms with E-state index in [0.29, 0.717) is 6.54 Å². The minimum Gasteiger partial charge on any atom is -0.384 e. The van der Waals surface area contributed by atoms with Crippen LogP contribution in [-0.4, -0.2) is 24.2 Å². The number of hydrogen-bond acceptors (Lipinski definition) is 2. The van der Waals surface area contributed by atoms with E-state index in [1.165, 1.54) is 0 Å². The molecule has 0 fully saturated rings. The summed E-state index contributed by atoms with van der Waals surface area (Å²) in [6.07, 6.45) is 0.891. The van der Waals surface area contributed by atoms with E-state index in [1.54, 1.807) is 6.92 Å². The Morgan fingerprint density at radius 1 is 1.29 bits per heavy atom. The van der Waals surface area contributed by atoms with Crippen LogP contribution in [-0.2, 0) is 5.60 Å². The molecule has 3 N–H and O–H groups in total. The Balaban J connectivity index is 2.48. The third-order valence-corrected chi connectivity index (χ3v) is 2.52. The van der Waals surface area contributed by atoms with Gasteiger partial charge in [-0.1, -0.05) is 37.3 Å². The van der Waals surface area contributed by atoms with E-state index in [-0.39, 0.29) is 12.6 Å². The average molecular weight is 236 g/mol. The first-order valence-electron chi connectivity index (χ1n) is 5.86. The molecule has 1 atom stereocenters. The molecule has 4 heteroatoms. The first kappa shape index (κ1) is 13.5. The Bertz CT molecular complexity index is 350. The summed E-state index contributed by atoms with van der Waals surface area (Å²) in [6.45, 7) is 4.49. The van der Waals surface area contributed by atoms with Crippen molar-refractivity contribution in [2.45, 2.75) is 25.9 Å². The molecule has 4 nitrogen and oxygen atoms in total. The van der Waals surface area contributed by atoms with Crippen molar-refractivity contribution in [1.29, 1.82) is 0 Å². The van der Waals surface area contributed by atoms with Gasteiger partial charge in [0.2, 0.25) is 0 Å². The summed E-state index contributed by atoms with van der Waals surface area (Å²) in [5, 5.41) is 15.6. The first-order valence-corrected chi connectivity index (χ1v) is 5.86. The molecule has 0 aliphatic rings. The van der Waals surface area contributed by atoms with Crippen LogP contribution in [0.15, 0.2) is 30.3 Å². The largest absolute Gasteiger partial charge is 0.384 e. The number of aliphatic hydroxyl groups is 1. The number of hydrogen-bond donors (Lipinski definition) is 3. The van der Waals surface area contributed by atoms with Gasteiger partial charge in [-0.3, -0.25) is 0 Å². The molecule has 0 aliphatic carbocycles. The lowest BCUT2D eigenvalue weighted by Crippen LogP contribution is -2.43. The second-order valence-electron chi connectivity index (χ2n) is 4.25. The van der Waals surface area contributed by atoms with Crippen molar-refractivity contribution >= 4 is 6.03 Å². The van der Waals surface area contributed by atoms with Gasteiger partial charge in [-0.2, -0.15) is 0 Å². The number of urea groups is 1. The molecular formula is C13H20N2O2. The van der Waals surface area contributed by atoms with Crippen LogP contribution in [0.2, 0.25) is 0 Å². The molecule has 0 radical (unpaired) electrons. The maximum absolute atomic E-state index is 11.3. The van der Waals surface area contributed by atoms with Crippen LogP contribution in [0.4, 0.5) is 4.79 Å². The van der Waals surface area contributed by atoms with E-state index in [4.69, 9.17) is 0 Å². The molecule has 0 spiro atoms. The Labute approximate surface area is 102 Å². The quantitative estimate of drug-likeness (QED) is 0.727. The van der Waals surface area contributed by atoms with E-state index >= 15 is 0 Å². The van der Waals surface area contributed by atoms with Gasteiger partial charge in [0.25, 0.3) is 0 Å². The summed E-state index contributed by atoms with van der Waals surface area (Å²) >= 11 is 0. The van der Waals surface area contributed by atoms with Crippen molar-refractivity contribution in [2.24, 2.45) is 0 Å². The summed E-state index contributed by atoms with van der Waals surface area (Å²) in [7, 11) is 0. The zero-order valence-corrected chi connectivity index (χ0v) is 10.4. The molecule has 0 bridgehead atoms. The molecule has 1 rings (SSSR count). The summed E-state index contributed by atoms with van der Waals surface area (Å²) < 4.78 is 0. The molecule has 2 amide bonds. The highest BCUT2D eigenvalue weighted by molar-refractivity contribution is 5.73. The lowest BCUT2D eigenvalue weighted by atomic mass is 9.96. The van der Waals surface area contributed by atoms with Crippen LogP contribution >= 0.6 is 0 Å². The Hall–Kier alpha value is -1.55. The Kier molecular flexibility index (Phi) is 4.97. The van der Waals surface area contributed by atoms with Crippen LogP contribution in [0.25, 0.3) is 0 Å². The fourth-order valence-electron chi connectivity index (χ4n) is 1.45. The highest BCUT2D eigenvalue weighted by Crippen LogP contribution is 2.18.